The van der Waals surface area contributed by atoms with Crippen LogP contribution in [0.3, 0.4) is 0 Å². The molecule has 1 N–H and O–H groups in total. The Kier molecular flexibility index (Phi) is 5.49. The van der Waals surface area contributed by atoms with E-state index in [0.717, 1.165) is 22.6 Å². The van der Waals surface area contributed by atoms with E-state index in [1.807, 2.05) is 6.07 Å². The normalized spacial score (nSPS) is 21.0. The maximum Gasteiger partial charge on any atom is 0.420 e. The van der Waals surface area contributed by atoms with Crippen LogP contribution in [0.1, 0.15) is 42.4 Å². The first-order chi connectivity index (χ1) is 16.6. The number of anilines is 2. The second-order valence-electron chi connectivity index (χ2n) is 8.83. The highest BCUT2D eigenvalue weighted by molar-refractivity contribution is 7.81. The summed E-state index contributed by atoms with van der Waals surface area (Å²) >= 11 is 5.56. The molecule has 1 saturated carbocycles. The number of amides is 1. The highest BCUT2D eigenvalue weighted by Gasteiger charge is 2.60. The van der Waals surface area contributed by atoms with Gasteiger partial charge in [-0.25, -0.2) is 4.39 Å². The Labute approximate surface area is 203 Å². The minimum atomic E-state index is -5.13. The van der Waals surface area contributed by atoms with Crippen molar-refractivity contribution in [2.45, 2.75) is 49.9 Å². The van der Waals surface area contributed by atoms with Gasteiger partial charge in [-0.1, -0.05) is 0 Å². The molecule has 2 heterocycles. The first kappa shape index (κ1) is 23.5. The molecule has 0 aromatic heterocycles. The van der Waals surface area contributed by atoms with Gasteiger partial charge in [0.2, 0.25) is 0 Å². The zero-order valence-electron chi connectivity index (χ0n) is 18.2. The van der Waals surface area contributed by atoms with Gasteiger partial charge >= 0.3 is 6.18 Å². The summed E-state index contributed by atoms with van der Waals surface area (Å²) in [7, 11) is 0. The largest absolute Gasteiger partial charge is 0.488 e. The number of aliphatic hydroxyl groups is 1. The molecule has 182 valence electrons. The number of hydrogen-bond donors (Lipinski definition) is 1. The number of ether oxygens (including phenoxy) is 1. The zero-order valence-corrected chi connectivity index (χ0v) is 19.0. The summed E-state index contributed by atoms with van der Waals surface area (Å²) in [5.74, 6) is -1.71. The molecular formula is C24H19F4N3O3S. The Morgan fingerprint density at radius 1 is 1.26 bits per heavy atom. The number of nitrogens with zero attached hydrogens (tertiary/aromatic N) is 3. The van der Waals surface area contributed by atoms with Crippen LogP contribution in [0.5, 0.6) is 5.75 Å². The van der Waals surface area contributed by atoms with Gasteiger partial charge in [-0.05, 0) is 80.2 Å². The molecule has 3 aliphatic rings. The predicted octanol–water partition coefficient (Wildman–Crippen LogP) is 4.46. The molecule has 1 amide bonds. The lowest BCUT2D eigenvalue weighted by Crippen LogP contribution is -2.55. The van der Waals surface area contributed by atoms with Crippen LogP contribution in [-0.2, 0) is 17.4 Å². The van der Waals surface area contributed by atoms with E-state index in [1.54, 1.807) is 17.0 Å². The van der Waals surface area contributed by atoms with E-state index in [4.69, 9.17) is 22.2 Å². The van der Waals surface area contributed by atoms with Crippen molar-refractivity contribution in [3.8, 4) is 11.8 Å². The van der Waals surface area contributed by atoms with Crippen LogP contribution in [0.25, 0.3) is 0 Å². The average Bonchev–Trinajstić information content (AvgIpc) is 3.04. The summed E-state index contributed by atoms with van der Waals surface area (Å²) in [6.45, 7) is -0.111. The summed E-state index contributed by atoms with van der Waals surface area (Å²) in [5.41, 5.74) is -2.94. The predicted molar refractivity (Wildman–Crippen MR) is 122 cm³/mol. The second kappa shape index (κ2) is 8.17. The number of fused-ring (bicyclic) bond motifs is 1. The van der Waals surface area contributed by atoms with Gasteiger partial charge in [0.05, 0.1) is 23.9 Å². The van der Waals surface area contributed by atoms with Crippen LogP contribution in [0.4, 0.5) is 28.9 Å². The smallest absolute Gasteiger partial charge is 0.420 e. The standard InChI is InChI=1S/C24H19F4N3O3S/c25-20-17(6-3-14(11-29)19(20)24(26,27)28)30-21(33)23(8-1-9-23)31(22(30)35)15-4-7-18-13(10-15)2-5-16(12-32)34-18/h3-4,6-7,10,16,32H,1-2,5,8-9,12H2. The summed E-state index contributed by atoms with van der Waals surface area (Å²) in [5, 5.41) is 18.3. The average molecular weight is 505 g/mol. The summed E-state index contributed by atoms with van der Waals surface area (Å²) < 4.78 is 61.7. The minimum Gasteiger partial charge on any atom is -0.488 e. The number of thiocarbonyl (C=S) groups is 1. The number of aliphatic hydroxyl groups excluding tert-OH is 1. The summed E-state index contributed by atoms with van der Waals surface area (Å²) in [4.78, 5) is 16.0. The van der Waals surface area contributed by atoms with E-state index < -0.39 is 40.3 Å². The fourth-order valence-corrected chi connectivity index (χ4v) is 5.46. The highest BCUT2D eigenvalue weighted by Crippen LogP contribution is 2.49. The number of alkyl halides is 3. The monoisotopic (exact) mass is 505 g/mol. The third-order valence-corrected chi connectivity index (χ3v) is 7.26. The van der Waals surface area contributed by atoms with E-state index in [0.29, 0.717) is 43.5 Å². The van der Waals surface area contributed by atoms with Crippen molar-refractivity contribution >= 4 is 34.6 Å². The molecule has 2 aromatic carbocycles. The van der Waals surface area contributed by atoms with Crippen LogP contribution in [0, 0.1) is 17.1 Å². The molecule has 1 saturated heterocycles. The SMILES string of the molecule is N#Cc1ccc(N2C(=O)C3(CCC3)N(c3ccc4c(c3)CCC(CO)O4)C2=S)c(F)c1C(F)(F)F. The maximum atomic E-state index is 15.2. The van der Waals surface area contributed by atoms with E-state index in [1.165, 1.54) is 6.07 Å². The molecule has 1 spiro atoms. The molecule has 6 nitrogen and oxygen atoms in total. The number of rotatable bonds is 3. The Balaban J connectivity index is 1.59. The van der Waals surface area contributed by atoms with E-state index in [-0.39, 0.29) is 17.8 Å². The molecule has 0 radical (unpaired) electrons. The third-order valence-electron chi connectivity index (χ3n) is 6.89. The van der Waals surface area contributed by atoms with Crippen LogP contribution >= 0.6 is 12.2 Å². The number of nitriles is 1. The topological polar surface area (TPSA) is 76.8 Å². The Bertz CT molecular complexity index is 1290. The van der Waals surface area contributed by atoms with Gasteiger partial charge in [-0.2, -0.15) is 18.4 Å². The van der Waals surface area contributed by atoms with Gasteiger partial charge in [0.1, 0.15) is 23.0 Å². The molecule has 1 aliphatic carbocycles. The van der Waals surface area contributed by atoms with Crippen molar-refractivity contribution in [2.75, 3.05) is 16.4 Å². The van der Waals surface area contributed by atoms with Crippen molar-refractivity contribution in [3.63, 3.8) is 0 Å². The fraction of sp³-hybridized carbons (Fsp3) is 0.375. The van der Waals surface area contributed by atoms with Crippen LogP contribution < -0.4 is 14.5 Å². The van der Waals surface area contributed by atoms with E-state index in [9.17, 15) is 23.1 Å². The number of carbonyl (C=O) groups is 1. The van der Waals surface area contributed by atoms with E-state index in [2.05, 4.69) is 0 Å². The van der Waals surface area contributed by atoms with Crippen molar-refractivity contribution in [1.29, 1.82) is 5.26 Å². The van der Waals surface area contributed by atoms with Crippen LogP contribution in [0.15, 0.2) is 30.3 Å². The second-order valence-corrected chi connectivity index (χ2v) is 9.19. The lowest BCUT2D eigenvalue weighted by atomic mass is 9.75. The molecule has 5 rings (SSSR count). The van der Waals surface area contributed by atoms with Gasteiger partial charge in [-0.15, -0.1) is 0 Å². The van der Waals surface area contributed by atoms with Gasteiger partial charge in [0.15, 0.2) is 10.9 Å². The zero-order chi connectivity index (χ0) is 25.1. The van der Waals surface area contributed by atoms with Crippen molar-refractivity contribution < 1.29 is 32.2 Å². The highest BCUT2D eigenvalue weighted by atomic mass is 32.1. The summed E-state index contributed by atoms with van der Waals surface area (Å²) in [6.07, 6.45) is -2.69. The molecule has 2 aromatic rings. The number of aryl methyl sites for hydroxylation is 1. The first-order valence-electron chi connectivity index (χ1n) is 11.0. The van der Waals surface area contributed by atoms with Crippen molar-refractivity contribution in [3.05, 3.63) is 52.8 Å². The molecular weight excluding hydrogens is 486 g/mol. The van der Waals surface area contributed by atoms with Gasteiger partial charge in [-0.3, -0.25) is 9.69 Å². The fourth-order valence-electron chi connectivity index (χ4n) is 5.00. The number of carbonyl (C=O) groups excluding carboxylic acids is 1. The molecule has 35 heavy (non-hydrogen) atoms. The molecule has 2 fully saturated rings. The Morgan fingerprint density at radius 3 is 2.60 bits per heavy atom. The van der Waals surface area contributed by atoms with Crippen LogP contribution in [-0.4, -0.2) is 34.4 Å². The quantitative estimate of drug-likeness (QED) is 0.490. The lowest BCUT2D eigenvalue weighted by Gasteiger charge is -2.43. The first-order valence-corrected chi connectivity index (χ1v) is 11.4. The summed E-state index contributed by atoms with van der Waals surface area (Å²) in [6, 6.07) is 8.40. The number of benzene rings is 2. The molecule has 2 aliphatic heterocycles. The van der Waals surface area contributed by atoms with E-state index >= 15 is 4.39 Å². The number of halogens is 4. The lowest BCUT2D eigenvalue weighted by molar-refractivity contribution is -0.140. The number of hydrogen-bond acceptors (Lipinski definition) is 5. The van der Waals surface area contributed by atoms with Gasteiger partial charge in [0.25, 0.3) is 5.91 Å². The molecule has 11 heteroatoms. The molecule has 1 unspecified atom stereocenters. The molecule has 0 bridgehead atoms. The third kappa shape index (κ3) is 3.46. The van der Waals surface area contributed by atoms with Gasteiger partial charge in [0, 0.05) is 5.69 Å². The molecule has 1 atom stereocenters. The maximum absolute atomic E-state index is 15.2. The minimum absolute atomic E-state index is 0.111. The van der Waals surface area contributed by atoms with Crippen molar-refractivity contribution in [2.24, 2.45) is 0 Å². The van der Waals surface area contributed by atoms with Crippen LogP contribution in [0.2, 0.25) is 0 Å². The Hall–Kier alpha value is -3.23. The van der Waals surface area contributed by atoms with Crippen molar-refractivity contribution in [1.82, 2.24) is 0 Å². The van der Waals surface area contributed by atoms with Gasteiger partial charge < -0.3 is 14.7 Å². The Morgan fingerprint density at radius 2 is 2.00 bits per heavy atom.